The number of halogens is 2. The molecule has 0 saturated heterocycles. The lowest BCUT2D eigenvalue weighted by Gasteiger charge is -2.27. The first-order chi connectivity index (χ1) is 8.61. The quantitative estimate of drug-likeness (QED) is 0.810. The first-order valence-electron chi connectivity index (χ1n) is 6.16. The van der Waals surface area contributed by atoms with Crippen molar-refractivity contribution in [1.29, 1.82) is 5.26 Å². The normalized spacial score (nSPS) is 23.4. The summed E-state index contributed by atoms with van der Waals surface area (Å²) in [7, 11) is 0. The molecule has 1 aliphatic rings. The van der Waals surface area contributed by atoms with E-state index in [0.29, 0.717) is 0 Å². The molecule has 0 bridgehead atoms. The Balaban J connectivity index is 2.11. The van der Waals surface area contributed by atoms with Gasteiger partial charge in [0.05, 0.1) is 16.1 Å². The SMILES string of the molecule is CC1CCC(Oc2ccc(C#N)c(Br)c2F)CC1. The van der Waals surface area contributed by atoms with Crippen LogP contribution in [0.1, 0.15) is 38.2 Å². The largest absolute Gasteiger partial charge is 0.487 e. The Kier molecular flexibility index (Phi) is 4.23. The lowest BCUT2D eigenvalue weighted by molar-refractivity contribution is 0.130. The van der Waals surface area contributed by atoms with E-state index in [2.05, 4.69) is 22.9 Å². The third-order valence-electron chi connectivity index (χ3n) is 3.42. The standard InChI is InChI=1S/C14H15BrFNO/c1-9-2-5-11(6-3-9)18-12-7-4-10(8-17)13(15)14(12)16/h4,7,9,11H,2-3,5-6H2,1H3. The molecule has 0 spiro atoms. The van der Waals surface area contributed by atoms with Crippen molar-refractivity contribution in [3.05, 3.63) is 28.0 Å². The van der Waals surface area contributed by atoms with Gasteiger partial charge in [-0.15, -0.1) is 0 Å². The molecule has 0 amide bonds. The summed E-state index contributed by atoms with van der Waals surface area (Å²) in [6.07, 6.45) is 4.29. The summed E-state index contributed by atoms with van der Waals surface area (Å²) in [5, 5.41) is 8.80. The van der Waals surface area contributed by atoms with E-state index in [0.717, 1.165) is 31.6 Å². The van der Waals surface area contributed by atoms with Gasteiger partial charge in [-0.3, -0.25) is 0 Å². The molecule has 0 unspecified atom stereocenters. The Morgan fingerprint density at radius 3 is 2.61 bits per heavy atom. The van der Waals surface area contributed by atoms with Crippen LogP contribution in [0.5, 0.6) is 5.75 Å². The molecule has 1 aliphatic carbocycles. The minimum atomic E-state index is -0.479. The second kappa shape index (κ2) is 5.71. The lowest BCUT2D eigenvalue weighted by atomic mass is 9.89. The van der Waals surface area contributed by atoms with E-state index in [1.54, 1.807) is 6.07 Å². The van der Waals surface area contributed by atoms with Crippen LogP contribution in [-0.2, 0) is 0 Å². The molecule has 0 heterocycles. The maximum Gasteiger partial charge on any atom is 0.180 e. The van der Waals surface area contributed by atoms with E-state index < -0.39 is 5.82 Å². The van der Waals surface area contributed by atoms with Gasteiger partial charge in [-0.2, -0.15) is 5.26 Å². The predicted molar refractivity (Wildman–Crippen MR) is 70.9 cm³/mol. The Hall–Kier alpha value is -1.08. The van der Waals surface area contributed by atoms with Gasteiger partial charge in [-0.05, 0) is 59.7 Å². The van der Waals surface area contributed by atoms with Gasteiger partial charge >= 0.3 is 0 Å². The van der Waals surface area contributed by atoms with Crippen molar-refractivity contribution in [2.24, 2.45) is 5.92 Å². The number of ether oxygens (including phenoxy) is 1. The first kappa shape index (κ1) is 13.4. The van der Waals surface area contributed by atoms with Crippen molar-refractivity contribution in [1.82, 2.24) is 0 Å². The maximum absolute atomic E-state index is 14.0. The number of hydrogen-bond donors (Lipinski definition) is 0. The van der Waals surface area contributed by atoms with Gasteiger partial charge in [-0.25, -0.2) is 4.39 Å². The Labute approximate surface area is 115 Å². The first-order valence-corrected chi connectivity index (χ1v) is 6.96. The highest BCUT2D eigenvalue weighted by Crippen LogP contribution is 2.32. The Bertz CT molecular complexity index is 475. The van der Waals surface area contributed by atoms with E-state index in [1.807, 2.05) is 6.07 Å². The van der Waals surface area contributed by atoms with Crippen LogP contribution >= 0.6 is 15.9 Å². The van der Waals surface area contributed by atoms with Gasteiger partial charge in [0, 0.05) is 0 Å². The molecule has 0 aliphatic heterocycles. The summed E-state index contributed by atoms with van der Waals surface area (Å²) in [4.78, 5) is 0. The monoisotopic (exact) mass is 311 g/mol. The van der Waals surface area contributed by atoms with Crippen LogP contribution in [0.2, 0.25) is 0 Å². The fourth-order valence-corrected chi connectivity index (χ4v) is 2.65. The van der Waals surface area contributed by atoms with Crippen molar-refractivity contribution >= 4 is 15.9 Å². The fraction of sp³-hybridized carbons (Fsp3) is 0.500. The summed E-state index contributed by atoms with van der Waals surface area (Å²) in [6, 6.07) is 5.05. The zero-order valence-corrected chi connectivity index (χ0v) is 11.8. The van der Waals surface area contributed by atoms with E-state index in [9.17, 15) is 4.39 Å². The van der Waals surface area contributed by atoms with Crippen LogP contribution in [0, 0.1) is 23.1 Å². The van der Waals surface area contributed by atoms with Crippen molar-refractivity contribution in [3.63, 3.8) is 0 Å². The summed E-state index contributed by atoms with van der Waals surface area (Å²) >= 11 is 3.09. The van der Waals surface area contributed by atoms with E-state index >= 15 is 0 Å². The van der Waals surface area contributed by atoms with Crippen LogP contribution in [0.3, 0.4) is 0 Å². The second-order valence-corrected chi connectivity index (χ2v) is 5.64. The van der Waals surface area contributed by atoms with Gasteiger partial charge in [0.2, 0.25) is 0 Å². The van der Waals surface area contributed by atoms with Crippen molar-refractivity contribution in [2.75, 3.05) is 0 Å². The molecule has 2 nitrogen and oxygen atoms in total. The average molecular weight is 312 g/mol. The predicted octanol–water partition coefficient (Wildman–Crippen LogP) is 4.42. The molecule has 0 atom stereocenters. The van der Waals surface area contributed by atoms with Crippen molar-refractivity contribution in [3.8, 4) is 11.8 Å². The molecule has 0 N–H and O–H groups in total. The lowest BCUT2D eigenvalue weighted by Crippen LogP contribution is -2.23. The molecule has 96 valence electrons. The highest BCUT2D eigenvalue weighted by atomic mass is 79.9. The van der Waals surface area contributed by atoms with Crippen LogP contribution < -0.4 is 4.74 Å². The number of benzene rings is 1. The fourth-order valence-electron chi connectivity index (χ4n) is 2.24. The van der Waals surface area contributed by atoms with Gasteiger partial charge in [0.15, 0.2) is 11.6 Å². The van der Waals surface area contributed by atoms with E-state index in [1.165, 1.54) is 6.07 Å². The van der Waals surface area contributed by atoms with Crippen LogP contribution in [-0.4, -0.2) is 6.10 Å². The minimum Gasteiger partial charge on any atom is -0.487 e. The zero-order valence-electron chi connectivity index (χ0n) is 10.2. The van der Waals surface area contributed by atoms with Gasteiger partial charge in [-0.1, -0.05) is 6.92 Å². The van der Waals surface area contributed by atoms with Gasteiger partial charge in [0.25, 0.3) is 0 Å². The molecule has 0 radical (unpaired) electrons. The third-order valence-corrected chi connectivity index (χ3v) is 4.20. The molecule has 1 saturated carbocycles. The van der Waals surface area contributed by atoms with Crippen molar-refractivity contribution in [2.45, 2.75) is 38.7 Å². The molecule has 2 rings (SSSR count). The molecule has 0 aromatic heterocycles. The van der Waals surface area contributed by atoms with E-state index in [4.69, 9.17) is 10.00 Å². The summed E-state index contributed by atoms with van der Waals surface area (Å²) < 4.78 is 19.8. The summed E-state index contributed by atoms with van der Waals surface area (Å²) in [6.45, 7) is 2.23. The minimum absolute atomic E-state index is 0.0931. The highest BCUT2D eigenvalue weighted by molar-refractivity contribution is 9.10. The van der Waals surface area contributed by atoms with Crippen LogP contribution in [0.25, 0.3) is 0 Å². The summed E-state index contributed by atoms with van der Waals surface area (Å²) in [5.74, 6) is 0.496. The smallest absolute Gasteiger partial charge is 0.180 e. The summed E-state index contributed by atoms with van der Waals surface area (Å²) in [5.41, 5.74) is 0.289. The molecular formula is C14H15BrFNO. The Morgan fingerprint density at radius 2 is 2.00 bits per heavy atom. The van der Waals surface area contributed by atoms with Crippen LogP contribution in [0.15, 0.2) is 16.6 Å². The second-order valence-electron chi connectivity index (χ2n) is 4.85. The maximum atomic E-state index is 14.0. The Morgan fingerprint density at radius 1 is 1.33 bits per heavy atom. The number of nitrogens with zero attached hydrogens (tertiary/aromatic N) is 1. The number of nitriles is 1. The van der Waals surface area contributed by atoms with Crippen molar-refractivity contribution < 1.29 is 9.13 Å². The molecule has 1 aromatic carbocycles. The van der Waals surface area contributed by atoms with E-state index in [-0.39, 0.29) is 21.9 Å². The third kappa shape index (κ3) is 2.84. The van der Waals surface area contributed by atoms with Crippen LogP contribution in [0.4, 0.5) is 4.39 Å². The molecule has 4 heteroatoms. The number of rotatable bonds is 2. The molecular weight excluding hydrogens is 297 g/mol. The topological polar surface area (TPSA) is 33.0 Å². The molecule has 18 heavy (non-hydrogen) atoms. The zero-order chi connectivity index (χ0) is 13.1. The number of hydrogen-bond acceptors (Lipinski definition) is 2. The van der Waals surface area contributed by atoms with Gasteiger partial charge in [0.1, 0.15) is 6.07 Å². The average Bonchev–Trinajstić information content (AvgIpc) is 2.38. The molecule has 1 fully saturated rings. The van der Waals surface area contributed by atoms with Gasteiger partial charge < -0.3 is 4.74 Å². The molecule has 1 aromatic rings. The highest BCUT2D eigenvalue weighted by Gasteiger charge is 2.21.